The first-order valence-corrected chi connectivity index (χ1v) is 12.4. The fourth-order valence-electron chi connectivity index (χ4n) is 4.77. The van der Waals surface area contributed by atoms with Crippen molar-refractivity contribution in [3.63, 3.8) is 0 Å². The summed E-state index contributed by atoms with van der Waals surface area (Å²) in [5, 5.41) is 6.13. The number of halogens is 7. The number of nitrogens with zero attached hydrogens (tertiary/aromatic N) is 5. The average Bonchev–Trinajstić information content (AvgIpc) is 3.49. The van der Waals surface area contributed by atoms with Crippen LogP contribution in [-0.4, -0.2) is 80.4 Å². The summed E-state index contributed by atoms with van der Waals surface area (Å²) < 4.78 is 103. The number of aromatic nitrogens is 4. The Hall–Kier alpha value is -4.22. The van der Waals surface area contributed by atoms with Crippen LogP contribution in [0, 0.1) is 0 Å². The van der Waals surface area contributed by atoms with E-state index < -0.39 is 78.3 Å². The number of nitrogens with two attached hydrogens (primary N) is 2. The number of alkyl halides is 7. The molecular weight excluding hydrogens is 581 g/mol. The molecule has 1 fully saturated rings. The second-order valence-electron chi connectivity index (χ2n) is 9.65. The van der Waals surface area contributed by atoms with E-state index in [1.165, 1.54) is 6.92 Å². The second kappa shape index (κ2) is 10.9. The van der Waals surface area contributed by atoms with Crippen LogP contribution in [-0.2, 0) is 11.0 Å². The maximum absolute atomic E-state index is 14.9. The van der Waals surface area contributed by atoms with Crippen LogP contribution in [0.15, 0.2) is 24.7 Å². The van der Waals surface area contributed by atoms with Gasteiger partial charge in [0.25, 0.3) is 11.8 Å². The average molecular weight is 607 g/mol. The number of rotatable bonds is 7. The molecule has 0 bridgehead atoms. The van der Waals surface area contributed by atoms with Gasteiger partial charge in [0.05, 0.1) is 31.0 Å². The summed E-state index contributed by atoms with van der Waals surface area (Å²) in [5.41, 5.74) is 5.65. The van der Waals surface area contributed by atoms with Crippen LogP contribution >= 0.6 is 0 Å². The summed E-state index contributed by atoms with van der Waals surface area (Å²) in [6, 6.07) is 0.412. The van der Waals surface area contributed by atoms with E-state index in [2.05, 4.69) is 20.4 Å². The van der Waals surface area contributed by atoms with Gasteiger partial charge in [-0.25, -0.2) is 18.9 Å². The molecule has 0 saturated carbocycles. The third kappa shape index (κ3) is 5.37. The van der Waals surface area contributed by atoms with Gasteiger partial charge < -0.3 is 26.4 Å². The van der Waals surface area contributed by atoms with Crippen LogP contribution in [0.5, 0.6) is 5.88 Å². The van der Waals surface area contributed by atoms with Crippen LogP contribution < -0.4 is 21.5 Å². The van der Waals surface area contributed by atoms with Crippen molar-refractivity contribution < 1.29 is 45.1 Å². The minimum atomic E-state index is -5.10. The molecule has 228 valence electrons. The Balaban J connectivity index is 1.64. The van der Waals surface area contributed by atoms with Crippen molar-refractivity contribution in [1.82, 2.24) is 29.8 Å². The minimum absolute atomic E-state index is 0.0396. The number of pyridine rings is 1. The predicted molar refractivity (Wildman–Crippen MR) is 133 cm³/mol. The minimum Gasteiger partial charge on any atom is -0.480 e. The van der Waals surface area contributed by atoms with Gasteiger partial charge in [0, 0.05) is 18.3 Å². The molecule has 4 heterocycles. The number of likely N-dealkylation sites (tertiary alicyclic amines) is 1. The molecule has 1 aliphatic rings. The van der Waals surface area contributed by atoms with E-state index in [1.54, 1.807) is 0 Å². The highest BCUT2D eigenvalue weighted by Crippen LogP contribution is 2.39. The standard InChI is InChI=1S/C24H25F7N8O3/c1-3-4-22(33,24(29,30)31)21(41)38-8-14(25)15(9-38)37-19(40)12-5-11(7-34-20(12)42-2)16-6-13(23(26,27)28)17-18(32)35-10-36-39(16)17/h5-7,10,14-15H,3-4,8-9,33H2,1-2H3,(H,37,40)(H2,32,35,36)/t14?,15-,22?/m1/s1. The number of hydrogen-bond acceptors (Lipinski definition) is 8. The quantitative estimate of drug-likeness (QED) is 0.347. The summed E-state index contributed by atoms with van der Waals surface area (Å²) in [4.78, 5) is 34.1. The molecule has 2 unspecified atom stereocenters. The first-order chi connectivity index (χ1) is 19.5. The Morgan fingerprint density at radius 1 is 1.14 bits per heavy atom. The molecular formula is C24H25F7N8O3. The van der Waals surface area contributed by atoms with Gasteiger partial charge in [-0.1, -0.05) is 13.3 Å². The third-order valence-electron chi connectivity index (χ3n) is 6.86. The molecule has 0 aliphatic carbocycles. The van der Waals surface area contributed by atoms with Crippen molar-refractivity contribution in [3.8, 4) is 17.1 Å². The largest absolute Gasteiger partial charge is 0.480 e. The van der Waals surface area contributed by atoms with E-state index in [0.717, 1.165) is 36.3 Å². The molecule has 5 N–H and O–H groups in total. The predicted octanol–water partition coefficient (Wildman–Crippen LogP) is 2.74. The summed E-state index contributed by atoms with van der Waals surface area (Å²) in [5.74, 6) is -3.29. The molecule has 4 rings (SSSR count). The summed E-state index contributed by atoms with van der Waals surface area (Å²) in [6.07, 6.45) is -10.7. The molecule has 0 radical (unpaired) electrons. The molecule has 11 nitrogen and oxygen atoms in total. The van der Waals surface area contributed by atoms with Gasteiger partial charge in [0.1, 0.15) is 23.6 Å². The highest BCUT2D eigenvalue weighted by atomic mass is 19.4. The number of hydrogen-bond donors (Lipinski definition) is 3. The number of ether oxygens (including phenoxy) is 1. The molecule has 1 saturated heterocycles. The number of carbonyl (C=O) groups is 2. The Bertz CT molecular complexity index is 1510. The van der Waals surface area contributed by atoms with Crippen molar-refractivity contribution >= 4 is 23.1 Å². The molecule has 18 heteroatoms. The Kier molecular flexibility index (Phi) is 7.96. The smallest absolute Gasteiger partial charge is 0.418 e. The Morgan fingerprint density at radius 3 is 2.43 bits per heavy atom. The molecule has 2 amide bonds. The normalized spacial score (nSPS) is 19.1. The molecule has 3 aromatic rings. The Morgan fingerprint density at radius 2 is 1.83 bits per heavy atom. The first kappa shape index (κ1) is 30.7. The molecule has 0 aromatic carbocycles. The van der Waals surface area contributed by atoms with Crippen LogP contribution in [0.25, 0.3) is 16.8 Å². The highest BCUT2D eigenvalue weighted by molar-refractivity contribution is 5.98. The molecule has 1 aliphatic heterocycles. The van der Waals surface area contributed by atoms with Gasteiger partial charge in [-0.15, -0.1) is 0 Å². The number of nitrogen functional groups attached to an aromatic ring is 1. The zero-order valence-electron chi connectivity index (χ0n) is 22.1. The lowest BCUT2D eigenvalue weighted by Crippen LogP contribution is -2.64. The van der Waals surface area contributed by atoms with Gasteiger partial charge in [0.2, 0.25) is 5.88 Å². The lowest BCUT2D eigenvalue weighted by atomic mass is 9.92. The second-order valence-corrected chi connectivity index (χ2v) is 9.65. The molecule has 3 aromatic heterocycles. The van der Waals surface area contributed by atoms with Crippen molar-refractivity contribution in [2.75, 3.05) is 25.9 Å². The maximum Gasteiger partial charge on any atom is 0.418 e. The summed E-state index contributed by atoms with van der Waals surface area (Å²) in [6.45, 7) is 0.0353. The number of anilines is 1. The van der Waals surface area contributed by atoms with E-state index in [9.17, 15) is 40.3 Å². The number of nitrogens with one attached hydrogen (secondary N) is 1. The van der Waals surface area contributed by atoms with Crippen molar-refractivity contribution in [2.24, 2.45) is 5.73 Å². The van der Waals surface area contributed by atoms with E-state index in [-0.39, 0.29) is 29.1 Å². The van der Waals surface area contributed by atoms with Crippen molar-refractivity contribution in [1.29, 1.82) is 0 Å². The van der Waals surface area contributed by atoms with Gasteiger partial charge in [-0.3, -0.25) is 9.59 Å². The van der Waals surface area contributed by atoms with Gasteiger partial charge in [-0.05, 0) is 18.6 Å². The van der Waals surface area contributed by atoms with Gasteiger partial charge in [0.15, 0.2) is 11.4 Å². The van der Waals surface area contributed by atoms with E-state index in [4.69, 9.17) is 16.2 Å². The monoisotopic (exact) mass is 606 g/mol. The van der Waals surface area contributed by atoms with Crippen molar-refractivity contribution in [2.45, 2.75) is 49.9 Å². The molecule has 0 spiro atoms. The van der Waals surface area contributed by atoms with E-state index in [0.29, 0.717) is 4.90 Å². The van der Waals surface area contributed by atoms with Crippen molar-refractivity contribution in [3.05, 3.63) is 35.8 Å². The fourth-order valence-corrected chi connectivity index (χ4v) is 4.77. The number of amides is 2. The lowest BCUT2D eigenvalue weighted by Gasteiger charge is -2.33. The zero-order chi connectivity index (χ0) is 31.2. The third-order valence-corrected chi connectivity index (χ3v) is 6.86. The van der Waals surface area contributed by atoms with Crippen LogP contribution in [0.3, 0.4) is 0 Å². The topological polar surface area (TPSA) is 154 Å². The van der Waals surface area contributed by atoms with Crippen LogP contribution in [0.1, 0.15) is 35.7 Å². The number of methoxy groups -OCH3 is 1. The van der Waals surface area contributed by atoms with E-state index >= 15 is 0 Å². The molecule has 42 heavy (non-hydrogen) atoms. The number of carbonyl (C=O) groups excluding carboxylic acids is 2. The van der Waals surface area contributed by atoms with Crippen LogP contribution in [0.2, 0.25) is 0 Å². The summed E-state index contributed by atoms with van der Waals surface area (Å²) >= 11 is 0. The van der Waals surface area contributed by atoms with Gasteiger partial charge in [-0.2, -0.15) is 31.4 Å². The Labute approximate surface area is 233 Å². The fraction of sp³-hybridized carbons (Fsp3) is 0.458. The zero-order valence-corrected chi connectivity index (χ0v) is 22.1. The summed E-state index contributed by atoms with van der Waals surface area (Å²) in [7, 11) is 1.15. The SMILES string of the molecule is CCCC(N)(C(=O)N1CC(F)[C@H](NC(=O)c2cc(-c3cc(C(F)(F)F)c4c(N)ncnn34)cnc2OC)C1)C(F)(F)F. The maximum atomic E-state index is 14.9. The van der Waals surface area contributed by atoms with Crippen LogP contribution in [0.4, 0.5) is 36.6 Å². The van der Waals surface area contributed by atoms with Gasteiger partial charge >= 0.3 is 12.4 Å². The molecule has 3 atom stereocenters. The highest BCUT2D eigenvalue weighted by Gasteiger charge is 2.59. The van der Waals surface area contributed by atoms with E-state index in [1.807, 2.05) is 0 Å². The number of fused-ring (bicyclic) bond motifs is 1. The first-order valence-electron chi connectivity index (χ1n) is 12.4. The lowest BCUT2D eigenvalue weighted by molar-refractivity contribution is -0.198.